The molecule has 4 N–H and O–H groups in total. The quantitative estimate of drug-likeness (QED) is 0.102. The van der Waals surface area contributed by atoms with E-state index in [1.807, 2.05) is 51.1 Å². The van der Waals surface area contributed by atoms with Crippen LogP contribution < -0.4 is 21.3 Å². The van der Waals surface area contributed by atoms with E-state index >= 15 is 0 Å². The van der Waals surface area contributed by atoms with Crippen LogP contribution in [0.25, 0.3) is 0 Å². The number of ketones is 1. The molecule has 1 heterocycles. The number of nitrogens with one attached hydrogen (secondary N) is 4. The van der Waals surface area contributed by atoms with Crippen LogP contribution in [0.2, 0.25) is 0 Å². The van der Waals surface area contributed by atoms with Gasteiger partial charge in [0.25, 0.3) is 5.91 Å². The zero-order chi connectivity index (χ0) is 47.9. The third-order valence-electron chi connectivity index (χ3n) is 11.8. The molecular weight excluding hydrogens is 821 g/mol. The summed E-state index contributed by atoms with van der Waals surface area (Å²) in [7, 11) is 3.12. The standard InChI is InChI=1S/C44H56N6O7.C6H12.C2H6/c1-7-12-35(41(54)43(56)46-25-38(52)48-40(44(57)49(5)6)32-13-10-9-11-14-32)47-42(55)36-24-33-19-15-28(3)23-34(33)27-50(36)39(53)26-45-37(51)22-18-30-16-20-31(21-17-30)29(4)8-2;1-2-4-6-5-3-1;1-2/h9-11,13-17,19-21,23,29,35-36,40H,7-8,12,18,22,24-27H2,1-6H3,(H,45,51)(H,46,56)(H,47,55)(H,48,52);1-6H2;1-2H3. The SMILES string of the molecule is C1CCCCC1.CC.CCCC(NC(=O)C1Cc2ccc(C)cc2CN1C(=O)CNC(=O)CCc1ccc(C(C)CC)cc1)C(=O)C(=O)NCC(=O)NC(C(=O)N(C)C)c1ccccc1. The maximum Gasteiger partial charge on any atom is 0.290 e. The number of rotatable bonds is 18. The first-order chi connectivity index (χ1) is 31.2. The Morgan fingerprint density at radius 1 is 0.738 bits per heavy atom. The Morgan fingerprint density at radius 3 is 1.95 bits per heavy atom. The van der Waals surface area contributed by atoms with Gasteiger partial charge >= 0.3 is 0 Å². The van der Waals surface area contributed by atoms with Gasteiger partial charge in [-0.2, -0.15) is 0 Å². The molecule has 354 valence electrons. The lowest BCUT2D eigenvalue weighted by molar-refractivity contribution is -0.144. The van der Waals surface area contributed by atoms with Crippen molar-refractivity contribution in [2.75, 3.05) is 27.2 Å². The van der Waals surface area contributed by atoms with Crippen molar-refractivity contribution in [3.8, 4) is 0 Å². The average Bonchev–Trinajstić information content (AvgIpc) is 3.33. The third kappa shape index (κ3) is 17.2. The fourth-order valence-corrected chi connectivity index (χ4v) is 7.78. The minimum Gasteiger partial charge on any atom is -0.347 e. The summed E-state index contributed by atoms with van der Waals surface area (Å²) < 4.78 is 0. The number of carbonyl (C=O) groups is 7. The summed E-state index contributed by atoms with van der Waals surface area (Å²) in [5.74, 6) is -4.02. The maximum atomic E-state index is 13.9. The second-order valence-corrected chi connectivity index (χ2v) is 17.0. The van der Waals surface area contributed by atoms with Crippen LogP contribution >= 0.6 is 0 Å². The van der Waals surface area contributed by atoms with Gasteiger partial charge in [0.2, 0.25) is 35.3 Å². The number of fused-ring (bicyclic) bond motifs is 1. The Morgan fingerprint density at radius 2 is 1.37 bits per heavy atom. The van der Waals surface area contributed by atoms with Crippen molar-refractivity contribution in [3.63, 3.8) is 0 Å². The van der Waals surface area contributed by atoms with Gasteiger partial charge in [0.05, 0.1) is 19.1 Å². The molecule has 6 amide bonds. The Balaban J connectivity index is 0.00000128. The van der Waals surface area contributed by atoms with Gasteiger partial charge in [-0.15, -0.1) is 0 Å². The van der Waals surface area contributed by atoms with Gasteiger partial charge in [0.1, 0.15) is 12.1 Å². The topological polar surface area (TPSA) is 174 Å². The van der Waals surface area contributed by atoms with E-state index in [4.69, 9.17) is 0 Å². The van der Waals surface area contributed by atoms with Crippen molar-refractivity contribution < 1.29 is 33.6 Å². The van der Waals surface area contributed by atoms with Gasteiger partial charge in [0, 0.05) is 33.5 Å². The zero-order valence-corrected chi connectivity index (χ0v) is 40.1. The summed E-state index contributed by atoms with van der Waals surface area (Å²) in [6.45, 7) is 11.3. The Hall–Kier alpha value is -5.85. The largest absolute Gasteiger partial charge is 0.347 e. The molecule has 13 nitrogen and oxygen atoms in total. The summed E-state index contributed by atoms with van der Waals surface area (Å²) in [5.41, 5.74) is 5.55. The van der Waals surface area contributed by atoms with Crippen LogP contribution in [-0.2, 0) is 52.9 Å². The number of carbonyl (C=O) groups excluding carboxylic acids is 7. The van der Waals surface area contributed by atoms with Crippen molar-refractivity contribution in [1.29, 1.82) is 0 Å². The Kier molecular flexibility index (Phi) is 23.2. The van der Waals surface area contributed by atoms with E-state index in [9.17, 15) is 33.6 Å². The molecule has 13 heteroatoms. The first-order valence-corrected chi connectivity index (χ1v) is 23.6. The summed E-state index contributed by atoms with van der Waals surface area (Å²) in [6, 6.07) is 19.4. The Labute approximate surface area is 387 Å². The second-order valence-electron chi connectivity index (χ2n) is 17.0. The lowest BCUT2D eigenvalue weighted by Gasteiger charge is -2.37. The van der Waals surface area contributed by atoms with Crippen LogP contribution in [0.4, 0.5) is 0 Å². The van der Waals surface area contributed by atoms with E-state index in [0.717, 1.165) is 28.7 Å². The molecule has 3 aromatic rings. The van der Waals surface area contributed by atoms with Gasteiger partial charge in [-0.3, -0.25) is 33.6 Å². The summed E-state index contributed by atoms with van der Waals surface area (Å²) in [4.78, 5) is 95.4. The minimum atomic E-state index is -1.23. The number of likely N-dealkylation sites (N-methyl/N-ethyl adjacent to an activating group) is 1. The first-order valence-electron chi connectivity index (χ1n) is 23.6. The first kappa shape index (κ1) is 53.5. The van der Waals surface area contributed by atoms with Crippen LogP contribution in [0.1, 0.15) is 144 Å². The number of hydrogen-bond acceptors (Lipinski definition) is 7. The van der Waals surface area contributed by atoms with E-state index in [0.29, 0.717) is 24.3 Å². The van der Waals surface area contributed by atoms with Crippen LogP contribution in [0.15, 0.2) is 72.8 Å². The fraction of sp³-hybridized carbons (Fsp3) is 0.519. The number of amides is 6. The molecule has 2 aliphatic rings. The monoisotopic (exact) mass is 895 g/mol. The van der Waals surface area contributed by atoms with E-state index in [2.05, 4.69) is 47.2 Å². The molecular formula is C52H74N6O7. The van der Waals surface area contributed by atoms with Crippen molar-refractivity contribution in [3.05, 3.63) is 106 Å². The molecule has 0 spiro atoms. The minimum absolute atomic E-state index is 0.120. The average molecular weight is 895 g/mol. The van der Waals surface area contributed by atoms with Crippen LogP contribution in [0.3, 0.4) is 0 Å². The zero-order valence-electron chi connectivity index (χ0n) is 40.1. The van der Waals surface area contributed by atoms with Crippen molar-refractivity contribution in [2.45, 2.75) is 149 Å². The van der Waals surface area contributed by atoms with Crippen LogP contribution in [0.5, 0.6) is 0 Å². The highest BCUT2D eigenvalue weighted by Gasteiger charge is 2.37. The summed E-state index contributed by atoms with van der Waals surface area (Å²) >= 11 is 0. The highest BCUT2D eigenvalue weighted by atomic mass is 16.2. The normalized spacial score (nSPS) is 15.4. The van der Waals surface area contributed by atoms with Gasteiger partial charge in [0.15, 0.2) is 0 Å². The number of Topliss-reactive ketones (excluding diaryl/α,β-unsaturated/α-hetero) is 1. The molecule has 1 saturated carbocycles. The Bertz CT molecular complexity index is 2000. The molecule has 4 unspecified atom stereocenters. The molecule has 0 radical (unpaired) electrons. The molecule has 1 aliphatic heterocycles. The lowest BCUT2D eigenvalue weighted by atomic mass is 9.91. The highest BCUT2D eigenvalue weighted by Crippen LogP contribution is 2.26. The van der Waals surface area contributed by atoms with Gasteiger partial charge in [-0.25, -0.2) is 0 Å². The fourth-order valence-electron chi connectivity index (χ4n) is 7.78. The van der Waals surface area contributed by atoms with Crippen molar-refractivity contribution >= 4 is 41.2 Å². The predicted octanol–water partition coefficient (Wildman–Crippen LogP) is 6.79. The number of benzene rings is 3. The number of aryl methyl sites for hydroxylation is 2. The van der Waals surface area contributed by atoms with E-state index in [1.165, 1.54) is 53.9 Å². The molecule has 65 heavy (non-hydrogen) atoms. The predicted molar refractivity (Wildman–Crippen MR) is 256 cm³/mol. The smallest absolute Gasteiger partial charge is 0.290 e. The van der Waals surface area contributed by atoms with Crippen LogP contribution in [-0.4, -0.2) is 90.3 Å². The number of nitrogens with zero attached hydrogens (tertiary/aromatic N) is 2. The maximum absolute atomic E-state index is 13.9. The van der Waals surface area contributed by atoms with E-state index in [-0.39, 0.29) is 44.2 Å². The highest BCUT2D eigenvalue weighted by molar-refractivity contribution is 6.38. The molecule has 1 fully saturated rings. The van der Waals surface area contributed by atoms with Gasteiger partial charge < -0.3 is 31.1 Å². The van der Waals surface area contributed by atoms with E-state index in [1.54, 1.807) is 51.4 Å². The van der Waals surface area contributed by atoms with E-state index < -0.39 is 54.1 Å². The summed E-state index contributed by atoms with van der Waals surface area (Å²) in [6.07, 6.45) is 11.5. The molecule has 4 atom stereocenters. The lowest BCUT2D eigenvalue weighted by Crippen LogP contribution is -2.58. The van der Waals surface area contributed by atoms with Crippen LogP contribution in [0, 0.1) is 6.92 Å². The second kappa shape index (κ2) is 28.1. The molecule has 0 bridgehead atoms. The molecule has 3 aromatic carbocycles. The number of hydrogen-bond donors (Lipinski definition) is 4. The van der Waals surface area contributed by atoms with Crippen molar-refractivity contribution in [2.24, 2.45) is 0 Å². The summed E-state index contributed by atoms with van der Waals surface area (Å²) in [5, 5.41) is 10.3. The molecule has 1 aliphatic carbocycles. The van der Waals surface area contributed by atoms with Gasteiger partial charge in [-0.05, 0) is 59.9 Å². The third-order valence-corrected chi connectivity index (χ3v) is 11.8. The van der Waals surface area contributed by atoms with Gasteiger partial charge in [-0.1, -0.05) is 158 Å². The molecule has 0 aromatic heterocycles. The van der Waals surface area contributed by atoms with Crippen molar-refractivity contribution in [1.82, 2.24) is 31.1 Å². The molecule has 0 saturated heterocycles. The molecule has 5 rings (SSSR count).